The first-order valence-electron chi connectivity index (χ1n) is 19.9. The average molecular weight is 774 g/mol. The molecule has 0 unspecified atom stereocenters. The van der Waals surface area contributed by atoms with Crippen LogP contribution in [0.1, 0.15) is 95.5 Å². The van der Waals surface area contributed by atoms with Crippen LogP contribution in [0.5, 0.6) is 0 Å². The third-order valence-electron chi connectivity index (χ3n) is 11.3. The second-order valence-corrected chi connectivity index (χ2v) is 16.2. The fraction of sp³-hybridized carbons (Fsp3) is 0.707. The van der Waals surface area contributed by atoms with E-state index in [0.29, 0.717) is 75.1 Å². The van der Waals surface area contributed by atoms with Crippen molar-refractivity contribution in [3.63, 3.8) is 0 Å². The molecule has 1 aromatic carbocycles. The third-order valence-corrected chi connectivity index (χ3v) is 11.3. The molecule has 2 N–H and O–H groups in total. The molecule has 14 heteroatoms. The van der Waals surface area contributed by atoms with E-state index in [4.69, 9.17) is 28.1 Å². The molecular weight excluding hydrogens is 713 g/mol. The number of benzene rings is 1. The summed E-state index contributed by atoms with van der Waals surface area (Å²) in [5.74, 6) is -0.942. The van der Waals surface area contributed by atoms with Gasteiger partial charge in [0.2, 0.25) is 17.6 Å². The van der Waals surface area contributed by atoms with E-state index in [2.05, 4.69) is 10.6 Å². The molecule has 5 rings (SSSR count). The van der Waals surface area contributed by atoms with Crippen LogP contribution in [0.25, 0.3) is 11.0 Å². The number of halogens is 1. The van der Waals surface area contributed by atoms with Crippen LogP contribution in [0, 0.1) is 23.7 Å². The van der Waals surface area contributed by atoms with Crippen LogP contribution in [0.4, 0.5) is 14.9 Å². The highest BCUT2D eigenvalue weighted by molar-refractivity contribution is 6.00. The molecule has 13 nitrogen and oxygen atoms in total. The van der Waals surface area contributed by atoms with E-state index in [-0.39, 0.29) is 54.0 Å². The minimum atomic E-state index is -0.717. The van der Waals surface area contributed by atoms with Crippen LogP contribution in [0.3, 0.4) is 0 Å². The Morgan fingerprint density at radius 1 is 0.927 bits per heavy atom. The number of nitrogens with one attached hydrogen (secondary N) is 2. The molecule has 2 heterocycles. The summed E-state index contributed by atoms with van der Waals surface area (Å²) in [4.78, 5) is 55.4. The number of amides is 3. The van der Waals surface area contributed by atoms with Gasteiger partial charge in [-0.25, -0.2) is 14.0 Å². The predicted molar refractivity (Wildman–Crippen MR) is 203 cm³/mol. The van der Waals surface area contributed by atoms with Gasteiger partial charge < -0.3 is 43.6 Å². The lowest BCUT2D eigenvalue weighted by Crippen LogP contribution is -2.50. The number of likely N-dealkylation sites (tertiary alicyclic amines) is 1. The zero-order valence-corrected chi connectivity index (χ0v) is 33.1. The highest BCUT2D eigenvalue weighted by Gasteiger charge is 2.47. The standard InChI is InChI=1S/C41H60FN3O10/c1-41(2,3)55-40(49)44-33(25-42)27-7-9-28(10-8-27)38(47)45-18-17-32(26-11-14-31(51-5)15-12-26)36(45)37(46)43-30-13-16-34-29(23-30)24-35(54-34)39(48)53-20-6-19-52-22-21-50-4/h13,16,23-24,26-28,31-33,36H,6-12,14-15,17-22,25H2,1-5H3,(H,43,46)(H,44,49)/t26-,27-,28-,31-,32-,33+,36-/m0/s1. The molecule has 0 bridgehead atoms. The van der Waals surface area contributed by atoms with Gasteiger partial charge in [-0.05, 0) is 121 Å². The zero-order valence-electron chi connectivity index (χ0n) is 33.1. The average Bonchev–Trinajstić information content (AvgIpc) is 3.81. The molecule has 2 saturated carbocycles. The van der Waals surface area contributed by atoms with Gasteiger partial charge >= 0.3 is 12.1 Å². The number of fused-ring (bicyclic) bond motifs is 1. The van der Waals surface area contributed by atoms with Gasteiger partial charge in [-0.3, -0.25) is 9.59 Å². The van der Waals surface area contributed by atoms with E-state index >= 15 is 0 Å². The SMILES string of the molecule is COCCOCCCOC(=O)c1cc2cc(NC(=O)[C@@H]3[C@H]([C@H]4CC[C@H](OC)CC4)CCN3C(=O)[C@H]3CC[C@H]([C@@H](CF)NC(=O)OC(C)(C)C)CC3)ccc2o1. The first-order valence-corrected chi connectivity index (χ1v) is 19.9. The van der Waals surface area contributed by atoms with Crippen LogP contribution in [-0.2, 0) is 33.3 Å². The van der Waals surface area contributed by atoms with E-state index < -0.39 is 36.4 Å². The van der Waals surface area contributed by atoms with Gasteiger partial charge in [0.25, 0.3) is 0 Å². The lowest BCUT2D eigenvalue weighted by molar-refractivity contribution is -0.142. The number of esters is 1. The number of nitrogens with zero attached hydrogens (tertiary/aromatic N) is 1. The van der Waals surface area contributed by atoms with Gasteiger partial charge in [-0.15, -0.1) is 0 Å². The van der Waals surface area contributed by atoms with E-state index in [0.717, 1.165) is 32.1 Å². The Kier molecular flexibility index (Phi) is 15.3. The molecule has 0 spiro atoms. The Morgan fingerprint density at radius 3 is 2.35 bits per heavy atom. The van der Waals surface area contributed by atoms with E-state index in [9.17, 15) is 23.6 Å². The number of alkyl carbamates (subject to hydrolysis) is 1. The van der Waals surface area contributed by atoms with Crippen molar-refractivity contribution in [3.05, 3.63) is 30.0 Å². The van der Waals surface area contributed by atoms with Crippen molar-refractivity contribution in [2.45, 2.75) is 109 Å². The summed E-state index contributed by atoms with van der Waals surface area (Å²) in [6.07, 6.45) is 6.79. The molecule has 3 atom stereocenters. The van der Waals surface area contributed by atoms with Crippen molar-refractivity contribution >= 4 is 40.5 Å². The summed E-state index contributed by atoms with van der Waals surface area (Å²) in [5, 5.41) is 6.41. The molecule has 0 radical (unpaired) electrons. The molecule has 55 heavy (non-hydrogen) atoms. The monoisotopic (exact) mass is 773 g/mol. The molecule has 1 aliphatic heterocycles. The fourth-order valence-corrected chi connectivity index (χ4v) is 8.47. The number of methoxy groups -OCH3 is 2. The van der Waals surface area contributed by atoms with Crippen molar-refractivity contribution < 1.29 is 51.7 Å². The molecular formula is C41H60FN3O10. The molecule has 3 amide bonds. The zero-order chi connectivity index (χ0) is 39.5. The lowest BCUT2D eigenvalue weighted by Gasteiger charge is -2.38. The highest BCUT2D eigenvalue weighted by atomic mass is 19.1. The van der Waals surface area contributed by atoms with Crippen molar-refractivity contribution in [2.24, 2.45) is 23.7 Å². The number of alkyl halides is 1. The second-order valence-electron chi connectivity index (χ2n) is 16.2. The Bertz CT molecular complexity index is 1580. The smallest absolute Gasteiger partial charge is 0.407 e. The highest BCUT2D eigenvalue weighted by Crippen LogP contribution is 2.42. The lowest BCUT2D eigenvalue weighted by atomic mass is 9.75. The van der Waals surface area contributed by atoms with E-state index in [1.165, 1.54) is 0 Å². The minimum absolute atomic E-state index is 0.00329. The summed E-state index contributed by atoms with van der Waals surface area (Å²) in [6.45, 7) is 6.64. The van der Waals surface area contributed by atoms with Gasteiger partial charge in [0.15, 0.2) is 0 Å². The minimum Gasteiger partial charge on any atom is -0.460 e. The van der Waals surface area contributed by atoms with Gasteiger partial charge in [0, 0.05) is 50.8 Å². The molecule has 1 aromatic heterocycles. The van der Waals surface area contributed by atoms with E-state index in [1.54, 1.807) is 64.2 Å². The number of rotatable bonds is 16. The summed E-state index contributed by atoms with van der Waals surface area (Å²) in [7, 11) is 3.34. The molecule has 3 aliphatic rings. The third kappa shape index (κ3) is 11.6. The van der Waals surface area contributed by atoms with Crippen molar-refractivity contribution in [2.75, 3.05) is 59.2 Å². The van der Waals surface area contributed by atoms with Crippen LogP contribution in [0.2, 0.25) is 0 Å². The van der Waals surface area contributed by atoms with Gasteiger partial charge in [-0.1, -0.05) is 0 Å². The van der Waals surface area contributed by atoms with Crippen molar-refractivity contribution in [1.29, 1.82) is 0 Å². The summed E-state index contributed by atoms with van der Waals surface area (Å²) < 4.78 is 46.5. The molecule has 2 aliphatic carbocycles. The Balaban J connectivity index is 1.23. The summed E-state index contributed by atoms with van der Waals surface area (Å²) >= 11 is 0. The number of anilines is 1. The first kappa shape index (κ1) is 42.4. The summed E-state index contributed by atoms with van der Waals surface area (Å²) in [5.41, 5.74) is 0.314. The maximum atomic E-state index is 14.3. The Hall–Kier alpha value is -3.75. The molecule has 3 fully saturated rings. The first-order chi connectivity index (χ1) is 26.4. The maximum absolute atomic E-state index is 14.3. The second kappa shape index (κ2) is 19.9. The number of furan rings is 1. The Labute approximate surface area is 323 Å². The van der Waals surface area contributed by atoms with Crippen LogP contribution in [-0.4, -0.2) is 106 Å². The van der Waals surface area contributed by atoms with Crippen molar-refractivity contribution in [1.82, 2.24) is 10.2 Å². The number of carbonyl (C=O) groups is 4. The summed E-state index contributed by atoms with van der Waals surface area (Å²) in [6, 6.07) is 5.44. The molecule has 1 saturated heterocycles. The van der Waals surface area contributed by atoms with Crippen LogP contribution >= 0.6 is 0 Å². The van der Waals surface area contributed by atoms with Crippen molar-refractivity contribution in [3.8, 4) is 0 Å². The molecule has 306 valence electrons. The van der Waals surface area contributed by atoms with Gasteiger partial charge in [0.1, 0.15) is 23.9 Å². The number of ether oxygens (including phenoxy) is 5. The number of carbonyl (C=O) groups excluding carboxylic acids is 4. The number of hydrogen-bond donors (Lipinski definition) is 2. The topological polar surface area (TPSA) is 155 Å². The normalized spacial score (nSPS) is 25.0. The quantitative estimate of drug-likeness (QED) is 0.140. The number of hydrogen-bond acceptors (Lipinski definition) is 10. The van der Waals surface area contributed by atoms with Crippen LogP contribution < -0.4 is 10.6 Å². The maximum Gasteiger partial charge on any atom is 0.407 e. The molecule has 2 aromatic rings. The fourth-order valence-electron chi connectivity index (χ4n) is 8.47. The largest absolute Gasteiger partial charge is 0.460 e. The van der Waals surface area contributed by atoms with E-state index in [1.807, 2.05) is 0 Å². The van der Waals surface area contributed by atoms with Gasteiger partial charge in [0.05, 0.1) is 32.0 Å². The Morgan fingerprint density at radius 2 is 1.67 bits per heavy atom. The van der Waals surface area contributed by atoms with Crippen LogP contribution in [0.15, 0.2) is 28.7 Å². The van der Waals surface area contributed by atoms with Gasteiger partial charge in [-0.2, -0.15) is 0 Å². The predicted octanol–water partition coefficient (Wildman–Crippen LogP) is 6.67.